The second kappa shape index (κ2) is 6.40. The summed E-state index contributed by atoms with van der Waals surface area (Å²) in [7, 11) is 1.62. The fourth-order valence-electron chi connectivity index (χ4n) is 2.37. The average molecular weight is 307 g/mol. The lowest BCUT2D eigenvalue weighted by Gasteiger charge is -2.08. The maximum absolute atomic E-state index is 12.0. The Bertz CT molecular complexity index is 858. The molecule has 0 unspecified atom stereocenters. The molecular formula is C19H17NO3. The van der Waals surface area contributed by atoms with Gasteiger partial charge in [0.15, 0.2) is 0 Å². The van der Waals surface area contributed by atoms with Crippen molar-refractivity contribution in [3.05, 3.63) is 66.2 Å². The summed E-state index contributed by atoms with van der Waals surface area (Å²) in [5.74, 6) is 1.25. The van der Waals surface area contributed by atoms with E-state index in [-0.39, 0.29) is 0 Å². The van der Waals surface area contributed by atoms with E-state index >= 15 is 0 Å². The van der Waals surface area contributed by atoms with Crippen LogP contribution in [-0.2, 0) is 0 Å². The molecule has 4 nitrogen and oxygen atoms in total. The summed E-state index contributed by atoms with van der Waals surface area (Å²) in [5, 5.41) is 4.72. The van der Waals surface area contributed by atoms with Crippen molar-refractivity contribution in [1.29, 1.82) is 0 Å². The maximum atomic E-state index is 12.0. The number of anilines is 1. The summed E-state index contributed by atoms with van der Waals surface area (Å²) in [6.45, 7) is 1.97. The van der Waals surface area contributed by atoms with E-state index in [2.05, 4.69) is 5.32 Å². The van der Waals surface area contributed by atoms with Gasteiger partial charge in [-0.2, -0.15) is 0 Å². The average Bonchev–Trinajstić information content (AvgIpc) is 2.54. The zero-order chi connectivity index (χ0) is 16.2. The van der Waals surface area contributed by atoms with E-state index in [1.165, 1.54) is 0 Å². The third-order valence-electron chi connectivity index (χ3n) is 3.49. The quantitative estimate of drug-likeness (QED) is 0.758. The molecule has 0 aliphatic rings. The standard InChI is InChI=1S/C19H17NO3/c1-13-4-3-5-16(10-13)20-19(21)23-18-9-7-14-6-8-17(22-2)11-15(14)12-18/h3-12H,1-2H3,(H,20,21). The second-order valence-electron chi connectivity index (χ2n) is 5.26. The molecule has 0 spiro atoms. The van der Waals surface area contributed by atoms with Crippen LogP contribution in [0.3, 0.4) is 0 Å². The van der Waals surface area contributed by atoms with Crippen LogP contribution in [0.1, 0.15) is 5.56 Å². The predicted molar refractivity (Wildman–Crippen MR) is 91.3 cm³/mol. The highest BCUT2D eigenvalue weighted by Crippen LogP contribution is 2.25. The molecule has 1 N–H and O–H groups in total. The van der Waals surface area contributed by atoms with Crippen molar-refractivity contribution in [3.8, 4) is 11.5 Å². The van der Waals surface area contributed by atoms with Gasteiger partial charge in [-0.1, -0.05) is 24.3 Å². The molecule has 0 fully saturated rings. The zero-order valence-corrected chi connectivity index (χ0v) is 13.0. The highest BCUT2D eigenvalue weighted by molar-refractivity contribution is 5.89. The van der Waals surface area contributed by atoms with Gasteiger partial charge in [-0.15, -0.1) is 0 Å². The fraction of sp³-hybridized carbons (Fsp3) is 0.105. The molecule has 0 radical (unpaired) electrons. The van der Waals surface area contributed by atoms with E-state index in [4.69, 9.17) is 9.47 Å². The molecule has 0 aliphatic carbocycles. The van der Waals surface area contributed by atoms with Gasteiger partial charge < -0.3 is 9.47 Å². The molecule has 3 rings (SSSR count). The molecule has 3 aromatic carbocycles. The van der Waals surface area contributed by atoms with Gasteiger partial charge >= 0.3 is 6.09 Å². The summed E-state index contributed by atoms with van der Waals surface area (Å²) in [5.41, 5.74) is 1.78. The Morgan fingerprint density at radius 2 is 1.65 bits per heavy atom. The van der Waals surface area contributed by atoms with Gasteiger partial charge in [0.25, 0.3) is 0 Å². The fourth-order valence-corrected chi connectivity index (χ4v) is 2.37. The molecule has 1 amide bonds. The summed E-state index contributed by atoms with van der Waals surface area (Å²) < 4.78 is 10.6. The van der Waals surface area contributed by atoms with E-state index in [0.29, 0.717) is 11.4 Å². The highest BCUT2D eigenvalue weighted by Gasteiger charge is 2.06. The Morgan fingerprint density at radius 1 is 0.913 bits per heavy atom. The Balaban J connectivity index is 1.76. The van der Waals surface area contributed by atoms with Crippen molar-refractivity contribution in [2.45, 2.75) is 6.92 Å². The third kappa shape index (κ3) is 3.61. The molecule has 0 saturated carbocycles. The maximum Gasteiger partial charge on any atom is 0.417 e. The van der Waals surface area contributed by atoms with Gasteiger partial charge in [0.2, 0.25) is 0 Å². The molecule has 0 saturated heterocycles. The van der Waals surface area contributed by atoms with Crippen LogP contribution in [0.25, 0.3) is 10.8 Å². The summed E-state index contributed by atoms with van der Waals surface area (Å²) in [4.78, 5) is 12.0. The first-order valence-corrected chi connectivity index (χ1v) is 7.27. The Labute approximate surface area is 134 Å². The smallest absolute Gasteiger partial charge is 0.417 e. The number of hydrogen-bond acceptors (Lipinski definition) is 3. The summed E-state index contributed by atoms with van der Waals surface area (Å²) in [6, 6.07) is 18.8. The largest absolute Gasteiger partial charge is 0.497 e. The minimum Gasteiger partial charge on any atom is -0.497 e. The highest BCUT2D eigenvalue weighted by atomic mass is 16.6. The molecular weight excluding hydrogens is 290 g/mol. The van der Waals surface area contributed by atoms with Crippen molar-refractivity contribution < 1.29 is 14.3 Å². The van der Waals surface area contributed by atoms with Crippen molar-refractivity contribution in [2.75, 3.05) is 12.4 Å². The van der Waals surface area contributed by atoms with E-state index < -0.39 is 6.09 Å². The molecule has 116 valence electrons. The van der Waals surface area contributed by atoms with E-state index in [1.54, 1.807) is 13.2 Å². The van der Waals surface area contributed by atoms with E-state index in [1.807, 2.05) is 61.5 Å². The molecule has 0 aliphatic heterocycles. The predicted octanol–water partition coefficient (Wildman–Crippen LogP) is 4.77. The first-order chi connectivity index (χ1) is 11.1. The minimum atomic E-state index is -0.516. The lowest BCUT2D eigenvalue weighted by Crippen LogP contribution is -2.16. The molecule has 4 heteroatoms. The van der Waals surface area contributed by atoms with Crippen molar-refractivity contribution >= 4 is 22.6 Å². The normalized spacial score (nSPS) is 10.3. The second-order valence-corrected chi connectivity index (χ2v) is 5.26. The van der Waals surface area contributed by atoms with Crippen LogP contribution >= 0.6 is 0 Å². The van der Waals surface area contributed by atoms with Gasteiger partial charge in [0, 0.05) is 5.69 Å². The lowest BCUT2D eigenvalue weighted by atomic mass is 10.1. The topological polar surface area (TPSA) is 47.6 Å². The first-order valence-electron chi connectivity index (χ1n) is 7.27. The van der Waals surface area contributed by atoms with Gasteiger partial charge in [-0.25, -0.2) is 4.79 Å². The number of nitrogens with one attached hydrogen (secondary N) is 1. The number of benzene rings is 3. The third-order valence-corrected chi connectivity index (χ3v) is 3.49. The molecule has 0 aromatic heterocycles. The number of hydrogen-bond donors (Lipinski definition) is 1. The van der Waals surface area contributed by atoms with Crippen LogP contribution in [0, 0.1) is 6.92 Å². The Morgan fingerprint density at radius 3 is 2.39 bits per heavy atom. The SMILES string of the molecule is COc1ccc2ccc(OC(=O)Nc3cccc(C)c3)cc2c1. The molecule has 0 heterocycles. The summed E-state index contributed by atoms with van der Waals surface area (Å²) in [6.07, 6.45) is -0.516. The number of amides is 1. The number of ether oxygens (including phenoxy) is 2. The van der Waals surface area contributed by atoms with Crippen LogP contribution < -0.4 is 14.8 Å². The molecule has 0 atom stereocenters. The van der Waals surface area contributed by atoms with Gasteiger partial charge in [-0.3, -0.25) is 5.32 Å². The zero-order valence-electron chi connectivity index (χ0n) is 13.0. The molecule has 3 aromatic rings. The van der Waals surface area contributed by atoms with Gasteiger partial charge in [-0.05, 0) is 59.7 Å². The van der Waals surface area contributed by atoms with Crippen LogP contribution in [0.2, 0.25) is 0 Å². The Hall–Kier alpha value is -3.01. The van der Waals surface area contributed by atoms with Crippen LogP contribution in [-0.4, -0.2) is 13.2 Å². The minimum absolute atomic E-state index is 0.482. The van der Waals surface area contributed by atoms with Crippen molar-refractivity contribution in [1.82, 2.24) is 0 Å². The van der Waals surface area contributed by atoms with Gasteiger partial charge in [0.1, 0.15) is 11.5 Å². The number of carbonyl (C=O) groups is 1. The molecule has 0 bridgehead atoms. The van der Waals surface area contributed by atoms with Crippen LogP contribution in [0.4, 0.5) is 10.5 Å². The summed E-state index contributed by atoms with van der Waals surface area (Å²) >= 11 is 0. The monoisotopic (exact) mass is 307 g/mol. The van der Waals surface area contributed by atoms with Crippen molar-refractivity contribution in [3.63, 3.8) is 0 Å². The Kier molecular flexibility index (Phi) is 4.15. The van der Waals surface area contributed by atoms with E-state index in [0.717, 1.165) is 22.1 Å². The van der Waals surface area contributed by atoms with Crippen LogP contribution in [0.5, 0.6) is 11.5 Å². The van der Waals surface area contributed by atoms with Gasteiger partial charge in [0.05, 0.1) is 7.11 Å². The number of fused-ring (bicyclic) bond motifs is 1. The number of rotatable bonds is 3. The number of methoxy groups -OCH3 is 1. The number of aryl methyl sites for hydroxylation is 1. The van der Waals surface area contributed by atoms with Crippen molar-refractivity contribution in [2.24, 2.45) is 0 Å². The van der Waals surface area contributed by atoms with Crippen LogP contribution in [0.15, 0.2) is 60.7 Å². The molecule has 23 heavy (non-hydrogen) atoms. The first kappa shape index (κ1) is 14.9. The number of carbonyl (C=O) groups excluding carboxylic acids is 1. The lowest BCUT2D eigenvalue weighted by molar-refractivity contribution is 0.215. The van der Waals surface area contributed by atoms with E-state index in [9.17, 15) is 4.79 Å².